The van der Waals surface area contributed by atoms with Gasteiger partial charge in [0.2, 0.25) is 5.91 Å². The summed E-state index contributed by atoms with van der Waals surface area (Å²) in [5.74, 6) is 0.171. The average molecular weight is 255 g/mol. The van der Waals surface area contributed by atoms with Gasteiger partial charge in [0.05, 0.1) is 11.7 Å². The molecule has 104 valence electrons. The molecule has 0 radical (unpaired) electrons. The van der Waals surface area contributed by atoms with Crippen LogP contribution in [0.1, 0.15) is 51.9 Å². The maximum atomic E-state index is 12.1. The lowest BCUT2D eigenvalue weighted by molar-refractivity contribution is -0.138. The zero-order valence-electron chi connectivity index (χ0n) is 11.4. The summed E-state index contributed by atoms with van der Waals surface area (Å²) in [6, 6.07) is 0. The molecule has 2 aliphatic heterocycles. The summed E-state index contributed by atoms with van der Waals surface area (Å²) in [6.45, 7) is 3.94. The van der Waals surface area contributed by atoms with Gasteiger partial charge in [-0.3, -0.25) is 4.79 Å². The Balaban J connectivity index is 1.73. The van der Waals surface area contributed by atoms with Crippen molar-refractivity contribution in [2.45, 2.75) is 63.6 Å². The summed E-state index contributed by atoms with van der Waals surface area (Å²) < 4.78 is 5.64. The molecule has 0 aromatic rings. The highest BCUT2D eigenvalue weighted by Gasteiger charge is 2.30. The van der Waals surface area contributed by atoms with Crippen LogP contribution >= 0.6 is 0 Å². The van der Waals surface area contributed by atoms with Gasteiger partial charge in [0.15, 0.2) is 0 Å². The molecule has 0 aromatic heterocycles. The number of likely N-dealkylation sites (tertiary alicyclic amines) is 1. The number of rotatable bonds is 3. The number of nitrogens with zero attached hydrogens (tertiary/aromatic N) is 1. The number of piperidine rings is 1. The molecule has 4 heteroatoms. The molecular formula is C14H25NO3. The van der Waals surface area contributed by atoms with Crippen molar-refractivity contribution in [3.8, 4) is 0 Å². The summed E-state index contributed by atoms with van der Waals surface area (Å²) in [4.78, 5) is 13.9. The van der Waals surface area contributed by atoms with Gasteiger partial charge < -0.3 is 14.7 Å². The number of hydrogen-bond acceptors (Lipinski definition) is 3. The van der Waals surface area contributed by atoms with Crippen molar-refractivity contribution in [1.82, 2.24) is 4.90 Å². The Hall–Kier alpha value is -0.610. The van der Waals surface area contributed by atoms with E-state index in [1.165, 1.54) is 6.42 Å². The van der Waals surface area contributed by atoms with Crippen molar-refractivity contribution >= 4 is 5.91 Å². The first kappa shape index (κ1) is 13.8. The normalized spacial score (nSPS) is 33.4. The summed E-state index contributed by atoms with van der Waals surface area (Å²) in [6.07, 6.45) is 6.81. The third-order valence-electron chi connectivity index (χ3n) is 3.98. The topological polar surface area (TPSA) is 49.8 Å². The molecule has 0 spiro atoms. The molecule has 4 nitrogen and oxygen atoms in total. The number of ether oxygens (including phenoxy) is 1. The van der Waals surface area contributed by atoms with E-state index in [-0.39, 0.29) is 12.0 Å². The summed E-state index contributed by atoms with van der Waals surface area (Å²) in [5, 5.41) is 9.99. The van der Waals surface area contributed by atoms with Crippen LogP contribution in [-0.4, -0.2) is 47.3 Å². The second kappa shape index (κ2) is 6.02. The van der Waals surface area contributed by atoms with E-state index in [0.29, 0.717) is 13.0 Å². The van der Waals surface area contributed by atoms with Crippen LogP contribution in [0.3, 0.4) is 0 Å². The predicted octanol–water partition coefficient (Wildman–Crippen LogP) is 1.71. The number of aliphatic hydroxyl groups is 1. The van der Waals surface area contributed by atoms with E-state index in [9.17, 15) is 9.90 Å². The Morgan fingerprint density at radius 2 is 2.28 bits per heavy atom. The molecule has 2 aliphatic rings. The molecule has 0 aromatic carbocycles. The second-order valence-electron chi connectivity index (χ2n) is 5.94. The SMILES string of the molecule is CC1(O)CCCN(C(=O)CCC2CCCCO2)C1. The van der Waals surface area contributed by atoms with Gasteiger partial charge in [0, 0.05) is 26.1 Å². The van der Waals surface area contributed by atoms with Crippen molar-refractivity contribution < 1.29 is 14.6 Å². The van der Waals surface area contributed by atoms with Crippen molar-refractivity contribution in [2.24, 2.45) is 0 Å². The van der Waals surface area contributed by atoms with Gasteiger partial charge in [-0.2, -0.15) is 0 Å². The van der Waals surface area contributed by atoms with E-state index < -0.39 is 5.60 Å². The quantitative estimate of drug-likeness (QED) is 0.835. The van der Waals surface area contributed by atoms with Gasteiger partial charge in [-0.05, 0) is 45.4 Å². The third kappa shape index (κ3) is 3.95. The van der Waals surface area contributed by atoms with Crippen molar-refractivity contribution in [1.29, 1.82) is 0 Å². The van der Waals surface area contributed by atoms with Gasteiger partial charge in [0.1, 0.15) is 0 Å². The summed E-state index contributed by atoms with van der Waals surface area (Å²) in [5.41, 5.74) is -0.699. The largest absolute Gasteiger partial charge is 0.388 e. The lowest BCUT2D eigenvalue weighted by Crippen LogP contribution is -2.48. The third-order valence-corrected chi connectivity index (χ3v) is 3.98. The van der Waals surface area contributed by atoms with E-state index in [2.05, 4.69) is 0 Å². The molecule has 0 aliphatic carbocycles. The molecule has 1 N–H and O–H groups in total. The Labute approximate surface area is 109 Å². The maximum absolute atomic E-state index is 12.1. The van der Waals surface area contributed by atoms with Crippen LogP contribution in [-0.2, 0) is 9.53 Å². The lowest BCUT2D eigenvalue weighted by Gasteiger charge is -2.37. The summed E-state index contributed by atoms with van der Waals surface area (Å²) >= 11 is 0. The van der Waals surface area contributed by atoms with E-state index >= 15 is 0 Å². The van der Waals surface area contributed by atoms with E-state index in [1.54, 1.807) is 0 Å². The first-order valence-corrected chi connectivity index (χ1v) is 7.19. The van der Waals surface area contributed by atoms with Crippen molar-refractivity contribution in [3.63, 3.8) is 0 Å². The average Bonchev–Trinajstić information content (AvgIpc) is 2.36. The fraction of sp³-hybridized carbons (Fsp3) is 0.929. The van der Waals surface area contributed by atoms with E-state index in [0.717, 1.165) is 45.3 Å². The number of carbonyl (C=O) groups excluding carboxylic acids is 1. The van der Waals surface area contributed by atoms with Crippen LogP contribution in [0.4, 0.5) is 0 Å². The second-order valence-corrected chi connectivity index (χ2v) is 5.94. The minimum Gasteiger partial charge on any atom is -0.388 e. The molecule has 0 bridgehead atoms. The highest BCUT2D eigenvalue weighted by atomic mass is 16.5. The smallest absolute Gasteiger partial charge is 0.222 e. The van der Waals surface area contributed by atoms with Gasteiger partial charge in [-0.15, -0.1) is 0 Å². The monoisotopic (exact) mass is 255 g/mol. The first-order valence-electron chi connectivity index (χ1n) is 7.19. The molecule has 0 saturated carbocycles. The minimum absolute atomic E-state index is 0.171. The predicted molar refractivity (Wildman–Crippen MR) is 69.3 cm³/mol. The molecule has 1 amide bonds. The van der Waals surface area contributed by atoms with E-state index in [4.69, 9.17) is 4.74 Å². The minimum atomic E-state index is -0.699. The fourth-order valence-corrected chi connectivity index (χ4v) is 2.91. The maximum Gasteiger partial charge on any atom is 0.222 e. The molecule has 2 fully saturated rings. The van der Waals surface area contributed by atoms with Crippen LogP contribution in [0.15, 0.2) is 0 Å². The van der Waals surface area contributed by atoms with Crippen molar-refractivity contribution in [3.05, 3.63) is 0 Å². The van der Waals surface area contributed by atoms with Crippen LogP contribution in [0.2, 0.25) is 0 Å². The molecule has 18 heavy (non-hydrogen) atoms. The number of amides is 1. The zero-order valence-corrected chi connectivity index (χ0v) is 11.4. The van der Waals surface area contributed by atoms with Crippen LogP contribution in [0.5, 0.6) is 0 Å². The van der Waals surface area contributed by atoms with Gasteiger partial charge in [-0.1, -0.05) is 0 Å². The summed E-state index contributed by atoms with van der Waals surface area (Å²) in [7, 11) is 0. The van der Waals surface area contributed by atoms with Crippen LogP contribution in [0, 0.1) is 0 Å². The number of hydrogen-bond donors (Lipinski definition) is 1. The Morgan fingerprint density at radius 1 is 1.44 bits per heavy atom. The number of β-amino-alcohol motifs (C(OH)–C–C–N with tert-alkyl or cyclic N) is 1. The van der Waals surface area contributed by atoms with E-state index in [1.807, 2.05) is 11.8 Å². The fourth-order valence-electron chi connectivity index (χ4n) is 2.91. The highest BCUT2D eigenvalue weighted by molar-refractivity contribution is 5.76. The standard InChI is InChI=1S/C14H25NO3/c1-14(17)8-4-9-15(11-14)13(16)7-6-12-5-2-3-10-18-12/h12,17H,2-11H2,1H3. The number of carbonyl (C=O) groups is 1. The molecule has 2 unspecified atom stereocenters. The molecule has 2 atom stereocenters. The first-order chi connectivity index (χ1) is 8.57. The van der Waals surface area contributed by atoms with Crippen molar-refractivity contribution in [2.75, 3.05) is 19.7 Å². The Morgan fingerprint density at radius 3 is 2.94 bits per heavy atom. The van der Waals surface area contributed by atoms with Crippen LogP contribution < -0.4 is 0 Å². The van der Waals surface area contributed by atoms with Crippen LogP contribution in [0.25, 0.3) is 0 Å². The van der Waals surface area contributed by atoms with Gasteiger partial charge in [-0.25, -0.2) is 0 Å². The molecule has 2 heterocycles. The highest BCUT2D eigenvalue weighted by Crippen LogP contribution is 2.22. The lowest BCUT2D eigenvalue weighted by atomic mass is 9.94. The molecule has 2 saturated heterocycles. The zero-order chi connectivity index (χ0) is 13.0. The Kier molecular flexibility index (Phi) is 4.62. The van der Waals surface area contributed by atoms with Gasteiger partial charge >= 0.3 is 0 Å². The van der Waals surface area contributed by atoms with Gasteiger partial charge in [0.25, 0.3) is 0 Å². The molecular weight excluding hydrogens is 230 g/mol. The molecule has 2 rings (SSSR count). The Bertz CT molecular complexity index is 285.